The Kier molecular flexibility index (Phi) is 2.99. The van der Waals surface area contributed by atoms with E-state index >= 15 is 0 Å². The van der Waals surface area contributed by atoms with Gasteiger partial charge in [-0.2, -0.15) is 0 Å². The van der Waals surface area contributed by atoms with Crippen LogP contribution in [0.5, 0.6) is 0 Å². The molecule has 0 saturated heterocycles. The van der Waals surface area contributed by atoms with Crippen LogP contribution < -0.4 is 0 Å². The molecule has 0 fully saturated rings. The molecule has 0 radical (unpaired) electrons. The molecule has 4 heteroatoms. The monoisotopic (exact) mass is 306 g/mol. The minimum Gasteiger partial charge on any atom is -0.349 e. The highest BCUT2D eigenvalue weighted by molar-refractivity contribution is 9.09. The van der Waals surface area contributed by atoms with Crippen molar-refractivity contribution >= 4 is 37.4 Å². The van der Waals surface area contributed by atoms with Gasteiger partial charge < -0.3 is 4.98 Å². The number of rotatable bonds is 3. The van der Waals surface area contributed by atoms with Gasteiger partial charge in [-0.25, -0.2) is 4.98 Å². The first kappa shape index (κ1) is 11.0. The maximum atomic E-state index is 4.26. The van der Waals surface area contributed by atoms with E-state index in [0.717, 1.165) is 12.2 Å². The van der Waals surface area contributed by atoms with Crippen LogP contribution >= 0.6 is 27.3 Å². The van der Waals surface area contributed by atoms with Gasteiger partial charge in [0.05, 0.1) is 0 Å². The average Bonchev–Trinajstić information content (AvgIpc) is 2.96. The summed E-state index contributed by atoms with van der Waals surface area (Å²) in [5.41, 5.74) is 1.35. The summed E-state index contributed by atoms with van der Waals surface area (Å²) in [5.74, 6) is 1.02. The molecule has 1 unspecified atom stereocenters. The molecule has 0 aliphatic carbocycles. The van der Waals surface area contributed by atoms with E-state index in [-0.39, 0.29) is 0 Å². The largest absolute Gasteiger partial charge is 0.349 e. The summed E-state index contributed by atoms with van der Waals surface area (Å²) >= 11 is 5.55. The third-order valence-electron chi connectivity index (χ3n) is 2.78. The number of fused-ring (bicyclic) bond motifs is 1. The van der Waals surface area contributed by atoms with Gasteiger partial charge in [0.15, 0.2) is 0 Å². The molecular weight excluding hydrogens is 296 g/mol. The van der Waals surface area contributed by atoms with Crippen molar-refractivity contribution in [3.8, 4) is 0 Å². The van der Waals surface area contributed by atoms with Crippen molar-refractivity contribution in [1.29, 1.82) is 0 Å². The number of H-pyrrole nitrogens is 1. The molecule has 2 heterocycles. The van der Waals surface area contributed by atoms with Crippen LogP contribution in [0.3, 0.4) is 0 Å². The highest BCUT2D eigenvalue weighted by Crippen LogP contribution is 2.35. The van der Waals surface area contributed by atoms with Gasteiger partial charge >= 0.3 is 0 Å². The van der Waals surface area contributed by atoms with Gasteiger partial charge in [0.2, 0.25) is 0 Å². The molecule has 3 rings (SSSR count). The summed E-state index contributed by atoms with van der Waals surface area (Å²) in [4.78, 5) is 7.71. The molecule has 86 valence electrons. The number of thiophene rings is 1. The molecule has 3 aromatic rings. The number of nitrogens with one attached hydrogen (secondary N) is 1. The Hall–Kier alpha value is -1.13. The predicted octanol–water partition coefficient (Wildman–Crippen LogP) is 4.30. The van der Waals surface area contributed by atoms with Crippen LogP contribution in [0.15, 0.2) is 42.0 Å². The lowest BCUT2D eigenvalue weighted by Crippen LogP contribution is -1.96. The Morgan fingerprint density at radius 2 is 2.24 bits per heavy atom. The van der Waals surface area contributed by atoms with Crippen LogP contribution in [-0.4, -0.2) is 9.97 Å². The number of nitrogens with zero attached hydrogens (tertiary/aromatic N) is 1. The molecule has 0 spiro atoms. The van der Waals surface area contributed by atoms with Gasteiger partial charge in [0, 0.05) is 28.3 Å². The van der Waals surface area contributed by atoms with Crippen LogP contribution in [0.25, 0.3) is 10.1 Å². The SMILES string of the molecule is BrC(Cc1ncc[nH]1)c1csc2ccccc12. The molecule has 0 saturated carbocycles. The van der Waals surface area contributed by atoms with Crippen LogP contribution in [-0.2, 0) is 6.42 Å². The molecular formula is C13H11BrN2S. The first-order valence-corrected chi connectivity index (χ1v) is 7.22. The molecule has 2 aromatic heterocycles. The summed E-state index contributed by atoms with van der Waals surface area (Å²) < 4.78 is 1.34. The summed E-state index contributed by atoms with van der Waals surface area (Å²) in [7, 11) is 0. The van der Waals surface area contributed by atoms with Crippen molar-refractivity contribution in [3.63, 3.8) is 0 Å². The Labute approximate surface area is 112 Å². The van der Waals surface area contributed by atoms with Gasteiger partial charge in [-0.1, -0.05) is 34.1 Å². The number of imidazole rings is 1. The molecule has 0 aliphatic rings. The Bertz CT molecular complexity index is 615. The van der Waals surface area contributed by atoms with E-state index in [0.29, 0.717) is 4.83 Å². The number of hydrogen-bond donors (Lipinski definition) is 1. The third-order valence-corrected chi connectivity index (χ3v) is 4.57. The molecule has 0 bridgehead atoms. The Balaban J connectivity index is 1.93. The maximum Gasteiger partial charge on any atom is 0.107 e. The fourth-order valence-corrected chi connectivity index (χ4v) is 3.81. The normalized spacial score (nSPS) is 13.0. The first-order valence-electron chi connectivity index (χ1n) is 5.43. The fraction of sp³-hybridized carbons (Fsp3) is 0.154. The number of halogens is 1. The molecule has 17 heavy (non-hydrogen) atoms. The van der Waals surface area contributed by atoms with Crippen LogP contribution in [0.4, 0.5) is 0 Å². The predicted molar refractivity (Wildman–Crippen MR) is 75.8 cm³/mol. The maximum absolute atomic E-state index is 4.26. The molecule has 1 aromatic carbocycles. The van der Waals surface area contributed by atoms with Gasteiger partial charge in [-0.15, -0.1) is 11.3 Å². The lowest BCUT2D eigenvalue weighted by atomic mass is 10.1. The summed E-state index contributed by atoms with van der Waals surface area (Å²) in [5, 5.41) is 3.57. The molecule has 2 nitrogen and oxygen atoms in total. The number of hydrogen-bond acceptors (Lipinski definition) is 2. The van der Waals surface area contributed by atoms with Gasteiger partial charge in [0.25, 0.3) is 0 Å². The van der Waals surface area contributed by atoms with E-state index in [1.807, 2.05) is 6.20 Å². The highest BCUT2D eigenvalue weighted by atomic mass is 79.9. The van der Waals surface area contributed by atoms with Crippen molar-refractivity contribution in [2.75, 3.05) is 0 Å². The van der Waals surface area contributed by atoms with E-state index in [1.54, 1.807) is 17.5 Å². The van der Waals surface area contributed by atoms with Crippen LogP contribution in [0.2, 0.25) is 0 Å². The lowest BCUT2D eigenvalue weighted by molar-refractivity contribution is 0.884. The van der Waals surface area contributed by atoms with Crippen molar-refractivity contribution in [2.24, 2.45) is 0 Å². The zero-order valence-electron chi connectivity index (χ0n) is 9.06. The smallest absolute Gasteiger partial charge is 0.107 e. The number of benzene rings is 1. The van der Waals surface area contributed by atoms with Gasteiger partial charge in [-0.05, 0) is 22.4 Å². The second-order valence-corrected chi connectivity index (χ2v) is 5.91. The number of aromatic amines is 1. The summed E-state index contributed by atoms with van der Waals surface area (Å²) in [6, 6.07) is 8.51. The van der Waals surface area contributed by atoms with Gasteiger partial charge in [0.1, 0.15) is 5.82 Å². The average molecular weight is 307 g/mol. The quantitative estimate of drug-likeness (QED) is 0.718. The second-order valence-electron chi connectivity index (χ2n) is 3.89. The number of alkyl halides is 1. The van der Waals surface area contributed by atoms with E-state index in [4.69, 9.17) is 0 Å². The highest BCUT2D eigenvalue weighted by Gasteiger charge is 2.14. The van der Waals surface area contributed by atoms with E-state index in [1.165, 1.54) is 15.6 Å². The fourth-order valence-electron chi connectivity index (χ4n) is 1.93. The van der Waals surface area contributed by atoms with Crippen molar-refractivity contribution in [3.05, 3.63) is 53.4 Å². The summed E-state index contributed by atoms with van der Waals surface area (Å²) in [6.45, 7) is 0. The van der Waals surface area contributed by atoms with Crippen molar-refractivity contribution in [2.45, 2.75) is 11.2 Å². The Morgan fingerprint density at radius 3 is 3.06 bits per heavy atom. The van der Waals surface area contributed by atoms with Gasteiger partial charge in [-0.3, -0.25) is 0 Å². The van der Waals surface area contributed by atoms with Crippen LogP contribution in [0, 0.1) is 0 Å². The standard InChI is InChI=1S/C13H11BrN2S/c14-11(7-13-15-5-6-16-13)10-8-17-12-4-2-1-3-9(10)12/h1-6,8,11H,7H2,(H,15,16). The second kappa shape index (κ2) is 4.63. The molecule has 0 aliphatic heterocycles. The lowest BCUT2D eigenvalue weighted by Gasteiger charge is -2.06. The Morgan fingerprint density at radius 1 is 1.35 bits per heavy atom. The van der Waals surface area contributed by atoms with Crippen molar-refractivity contribution in [1.82, 2.24) is 9.97 Å². The zero-order valence-corrected chi connectivity index (χ0v) is 11.5. The molecule has 1 N–H and O–H groups in total. The summed E-state index contributed by atoms with van der Waals surface area (Å²) in [6.07, 6.45) is 4.54. The van der Waals surface area contributed by atoms with E-state index in [9.17, 15) is 0 Å². The molecule has 0 amide bonds. The zero-order chi connectivity index (χ0) is 11.7. The third kappa shape index (κ3) is 2.15. The minimum atomic E-state index is 0.310. The molecule has 1 atom stereocenters. The van der Waals surface area contributed by atoms with E-state index < -0.39 is 0 Å². The number of aromatic nitrogens is 2. The minimum absolute atomic E-state index is 0.310. The van der Waals surface area contributed by atoms with E-state index in [2.05, 4.69) is 55.5 Å². The van der Waals surface area contributed by atoms with Crippen LogP contribution in [0.1, 0.15) is 16.2 Å². The first-order chi connectivity index (χ1) is 8.34. The van der Waals surface area contributed by atoms with Crippen molar-refractivity contribution < 1.29 is 0 Å². The topological polar surface area (TPSA) is 28.7 Å².